The van der Waals surface area contributed by atoms with Crippen LogP contribution in [0.3, 0.4) is 0 Å². The Bertz CT molecular complexity index is 249. The van der Waals surface area contributed by atoms with Gasteiger partial charge in [0.25, 0.3) is 0 Å². The molecule has 2 heterocycles. The second kappa shape index (κ2) is 4.57. The molecule has 14 heavy (non-hydrogen) atoms. The van der Waals surface area contributed by atoms with Crippen LogP contribution in [0, 0.1) is 5.92 Å². The Morgan fingerprint density at radius 1 is 1.36 bits per heavy atom. The van der Waals surface area contributed by atoms with Gasteiger partial charge in [-0.05, 0) is 31.4 Å². The van der Waals surface area contributed by atoms with E-state index in [2.05, 4.69) is 10.00 Å². The van der Waals surface area contributed by atoms with E-state index < -0.39 is 0 Å². The first kappa shape index (κ1) is 9.68. The van der Waals surface area contributed by atoms with E-state index in [4.69, 9.17) is 5.73 Å². The van der Waals surface area contributed by atoms with Crippen molar-refractivity contribution in [1.82, 2.24) is 14.7 Å². The van der Waals surface area contributed by atoms with Crippen LogP contribution in [0.1, 0.15) is 12.8 Å². The third kappa shape index (κ3) is 2.33. The highest BCUT2D eigenvalue weighted by Gasteiger charge is 2.17. The molecule has 0 spiro atoms. The van der Waals surface area contributed by atoms with Crippen molar-refractivity contribution in [1.29, 1.82) is 0 Å². The maximum Gasteiger partial charge on any atom is 0.0928 e. The molecule has 4 heteroatoms. The molecule has 0 saturated carbocycles. The molecule has 1 aromatic rings. The second-order valence-electron chi connectivity index (χ2n) is 3.98. The third-order valence-electron chi connectivity index (χ3n) is 2.94. The van der Waals surface area contributed by atoms with Crippen LogP contribution in [0.5, 0.6) is 0 Å². The minimum atomic E-state index is 0.740. The average molecular weight is 194 g/mol. The Balaban J connectivity index is 1.79. The first-order chi connectivity index (χ1) is 6.88. The van der Waals surface area contributed by atoms with Crippen LogP contribution in [-0.4, -0.2) is 34.3 Å². The summed E-state index contributed by atoms with van der Waals surface area (Å²) in [5, 5.41) is 4.20. The van der Waals surface area contributed by atoms with Gasteiger partial charge in [-0.3, -0.25) is 9.58 Å². The second-order valence-corrected chi connectivity index (χ2v) is 3.98. The van der Waals surface area contributed by atoms with Crippen LogP contribution in [0.25, 0.3) is 0 Å². The smallest absolute Gasteiger partial charge is 0.0928 e. The van der Waals surface area contributed by atoms with Crippen molar-refractivity contribution >= 4 is 0 Å². The number of aromatic nitrogens is 2. The molecule has 2 N–H and O–H groups in total. The highest BCUT2D eigenvalue weighted by atomic mass is 15.4. The Morgan fingerprint density at radius 3 is 2.71 bits per heavy atom. The molecule has 0 unspecified atom stereocenters. The fraction of sp³-hybridized carbons (Fsp3) is 0.700. The molecule has 0 bridgehead atoms. The van der Waals surface area contributed by atoms with Gasteiger partial charge in [0, 0.05) is 25.5 Å². The van der Waals surface area contributed by atoms with Crippen molar-refractivity contribution in [2.45, 2.75) is 19.5 Å². The molecule has 1 saturated heterocycles. The molecular weight excluding hydrogens is 176 g/mol. The largest absolute Gasteiger partial charge is 0.330 e. The van der Waals surface area contributed by atoms with Gasteiger partial charge in [-0.1, -0.05) is 0 Å². The molecule has 1 aromatic heterocycles. The Hall–Kier alpha value is -0.870. The summed E-state index contributed by atoms with van der Waals surface area (Å²) >= 11 is 0. The van der Waals surface area contributed by atoms with E-state index in [-0.39, 0.29) is 0 Å². The van der Waals surface area contributed by atoms with Crippen molar-refractivity contribution < 1.29 is 0 Å². The topological polar surface area (TPSA) is 47.1 Å². The fourth-order valence-electron chi connectivity index (χ4n) is 1.95. The minimum absolute atomic E-state index is 0.740. The third-order valence-corrected chi connectivity index (χ3v) is 2.94. The van der Waals surface area contributed by atoms with Crippen LogP contribution in [0.2, 0.25) is 0 Å². The van der Waals surface area contributed by atoms with Crippen molar-refractivity contribution in [2.24, 2.45) is 11.7 Å². The number of rotatable bonds is 3. The molecule has 1 aliphatic rings. The number of hydrogen-bond donors (Lipinski definition) is 1. The zero-order chi connectivity index (χ0) is 9.80. The van der Waals surface area contributed by atoms with Crippen LogP contribution in [0.4, 0.5) is 0 Å². The Kier molecular flexibility index (Phi) is 3.16. The number of nitrogens with two attached hydrogens (primary N) is 1. The molecule has 0 amide bonds. The minimum Gasteiger partial charge on any atom is -0.330 e. The van der Waals surface area contributed by atoms with Crippen molar-refractivity contribution in [3.05, 3.63) is 18.5 Å². The highest BCUT2D eigenvalue weighted by Crippen LogP contribution is 2.15. The molecule has 78 valence electrons. The van der Waals surface area contributed by atoms with E-state index in [9.17, 15) is 0 Å². The van der Waals surface area contributed by atoms with Gasteiger partial charge in [-0.15, -0.1) is 0 Å². The van der Waals surface area contributed by atoms with E-state index in [1.807, 2.05) is 23.1 Å². The predicted octanol–water partition coefficient (Wildman–Crippen LogP) is 0.511. The van der Waals surface area contributed by atoms with Gasteiger partial charge in [-0.25, -0.2) is 0 Å². The Labute approximate surface area is 84.7 Å². The SMILES string of the molecule is NCC1CCN(Cn2cccn2)CC1. The van der Waals surface area contributed by atoms with Crippen LogP contribution in [-0.2, 0) is 6.67 Å². The number of piperidine rings is 1. The lowest BCUT2D eigenvalue weighted by Gasteiger charge is -2.30. The normalized spacial score (nSPS) is 20.1. The van der Waals surface area contributed by atoms with Gasteiger partial charge in [0.15, 0.2) is 0 Å². The lowest BCUT2D eigenvalue weighted by atomic mass is 9.97. The molecule has 4 nitrogen and oxygen atoms in total. The molecule has 0 radical (unpaired) electrons. The summed E-state index contributed by atoms with van der Waals surface area (Å²) in [5.74, 6) is 0.740. The van der Waals surface area contributed by atoms with E-state index in [1.54, 1.807) is 0 Å². The van der Waals surface area contributed by atoms with Gasteiger partial charge >= 0.3 is 0 Å². The Morgan fingerprint density at radius 2 is 2.14 bits per heavy atom. The summed E-state index contributed by atoms with van der Waals surface area (Å²) in [6.07, 6.45) is 6.30. The van der Waals surface area contributed by atoms with Crippen molar-refractivity contribution in [3.8, 4) is 0 Å². The van der Waals surface area contributed by atoms with E-state index in [0.717, 1.165) is 32.2 Å². The van der Waals surface area contributed by atoms with Gasteiger partial charge < -0.3 is 5.73 Å². The zero-order valence-electron chi connectivity index (χ0n) is 8.47. The molecule has 1 aliphatic heterocycles. The lowest BCUT2D eigenvalue weighted by Crippen LogP contribution is -2.37. The quantitative estimate of drug-likeness (QED) is 0.762. The maximum atomic E-state index is 5.65. The first-order valence-corrected chi connectivity index (χ1v) is 5.28. The monoisotopic (exact) mass is 194 g/mol. The zero-order valence-corrected chi connectivity index (χ0v) is 8.47. The lowest BCUT2D eigenvalue weighted by molar-refractivity contribution is 0.143. The standard InChI is InChI=1S/C10H18N4/c11-8-10-2-6-13(7-3-10)9-14-5-1-4-12-14/h1,4-5,10H,2-3,6-9,11H2. The van der Waals surface area contributed by atoms with E-state index in [1.165, 1.54) is 12.8 Å². The number of hydrogen-bond acceptors (Lipinski definition) is 3. The van der Waals surface area contributed by atoms with E-state index in [0.29, 0.717) is 0 Å². The van der Waals surface area contributed by atoms with Gasteiger partial charge in [0.2, 0.25) is 0 Å². The van der Waals surface area contributed by atoms with Crippen molar-refractivity contribution in [2.75, 3.05) is 19.6 Å². The average Bonchev–Trinajstić information content (AvgIpc) is 2.72. The fourth-order valence-corrected chi connectivity index (χ4v) is 1.95. The summed E-state index contributed by atoms with van der Waals surface area (Å²) in [4.78, 5) is 2.43. The van der Waals surface area contributed by atoms with Gasteiger partial charge in [0.05, 0.1) is 6.67 Å². The summed E-state index contributed by atoms with van der Waals surface area (Å²) < 4.78 is 1.97. The molecule has 0 aromatic carbocycles. The van der Waals surface area contributed by atoms with E-state index >= 15 is 0 Å². The predicted molar refractivity (Wildman–Crippen MR) is 55.6 cm³/mol. The molecule has 0 aliphatic carbocycles. The number of likely N-dealkylation sites (tertiary alicyclic amines) is 1. The van der Waals surface area contributed by atoms with Crippen molar-refractivity contribution in [3.63, 3.8) is 0 Å². The van der Waals surface area contributed by atoms with Gasteiger partial charge in [0.1, 0.15) is 0 Å². The first-order valence-electron chi connectivity index (χ1n) is 5.28. The van der Waals surface area contributed by atoms with Gasteiger partial charge in [-0.2, -0.15) is 5.10 Å². The summed E-state index contributed by atoms with van der Waals surface area (Å²) in [7, 11) is 0. The summed E-state index contributed by atoms with van der Waals surface area (Å²) in [6, 6.07) is 1.96. The number of nitrogens with zero attached hydrogens (tertiary/aromatic N) is 3. The van der Waals surface area contributed by atoms with Crippen LogP contribution >= 0.6 is 0 Å². The van der Waals surface area contributed by atoms with Crippen LogP contribution in [0.15, 0.2) is 18.5 Å². The summed E-state index contributed by atoms with van der Waals surface area (Å²) in [5.41, 5.74) is 5.65. The highest BCUT2D eigenvalue weighted by molar-refractivity contribution is 4.78. The molecule has 2 rings (SSSR count). The van der Waals surface area contributed by atoms with Crippen LogP contribution < -0.4 is 5.73 Å². The molecule has 0 atom stereocenters. The summed E-state index contributed by atoms with van der Waals surface area (Å²) in [6.45, 7) is 4.07. The maximum absolute atomic E-state index is 5.65. The molecular formula is C10H18N4. The molecule has 1 fully saturated rings.